The first-order valence-electron chi connectivity index (χ1n) is 6.29. The summed E-state index contributed by atoms with van der Waals surface area (Å²) in [5, 5.41) is 0. The van der Waals surface area contributed by atoms with E-state index in [-0.39, 0.29) is 23.7 Å². The van der Waals surface area contributed by atoms with Gasteiger partial charge in [0.05, 0.1) is 11.5 Å². The highest BCUT2D eigenvalue weighted by atomic mass is 32.2. The SMILES string of the molecule is NC1CCc2c(OC3CCS(=O)(=O)C3)cccc21. The Balaban J connectivity index is 1.83. The van der Waals surface area contributed by atoms with Crippen molar-refractivity contribution in [2.24, 2.45) is 5.73 Å². The summed E-state index contributed by atoms with van der Waals surface area (Å²) in [6.45, 7) is 0. The Morgan fingerprint density at radius 3 is 2.83 bits per heavy atom. The van der Waals surface area contributed by atoms with Crippen LogP contribution in [0.5, 0.6) is 5.75 Å². The minimum atomic E-state index is -2.89. The number of rotatable bonds is 2. The zero-order valence-corrected chi connectivity index (χ0v) is 10.9. The minimum absolute atomic E-state index is 0.0934. The molecule has 0 bridgehead atoms. The molecule has 2 N–H and O–H groups in total. The van der Waals surface area contributed by atoms with Gasteiger partial charge in [-0.05, 0) is 36.5 Å². The van der Waals surface area contributed by atoms with E-state index in [0.717, 1.165) is 29.7 Å². The molecular formula is C13H17NO3S. The van der Waals surface area contributed by atoms with E-state index >= 15 is 0 Å². The molecule has 2 aliphatic rings. The van der Waals surface area contributed by atoms with E-state index < -0.39 is 9.84 Å². The molecule has 1 aromatic carbocycles. The van der Waals surface area contributed by atoms with E-state index in [0.29, 0.717) is 6.42 Å². The van der Waals surface area contributed by atoms with Crippen LogP contribution in [-0.2, 0) is 16.3 Å². The number of hydrogen-bond donors (Lipinski definition) is 1. The van der Waals surface area contributed by atoms with Crippen molar-refractivity contribution in [3.8, 4) is 5.75 Å². The Bertz CT molecular complexity index is 568. The van der Waals surface area contributed by atoms with Gasteiger partial charge in [0, 0.05) is 6.04 Å². The first-order chi connectivity index (χ1) is 8.55. The number of nitrogens with two attached hydrogens (primary N) is 1. The van der Waals surface area contributed by atoms with Crippen LogP contribution in [-0.4, -0.2) is 26.0 Å². The standard InChI is InChI=1S/C13H17NO3S/c14-12-5-4-11-10(12)2-1-3-13(11)17-9-6-7-18(15,16)8-9/h1-3,9,12H,4-8,14H2. The van der Waals surface area contributed by atoms with Crippen molar-refractivity contribution in [1.82, 2.24) is 0 Å². The fourth-order valence-electron chi connectivity index (χ4n) is 2.80. The molecule has 1 aliphatic heterocycles. The average Bonchev–Trinajstić information content (AvgIpc) is 2.84. The van der Waals surface area contributed by atoms with Crippen LogP contribution in [0, 0.1) is 0 Å². The Morgan fingerprint density at radius 2 is 2.11 bits per heavy atom. The monoisotopic (exact) mass is 267 g/mol. The molecule has 1 saturated heterocycles. The molecule has 0 radical (unpaired) electrons. The summed E-state index contributed by atoms with van der Waals surface area (Å²) >= 11 is 0. The van der Waals surface area contributed by atoms with Crippen molar-refractivity contribution in [2.45, 2.75) is 31.4 Å². The number of ether oxygens (including phenoxy) is 1. The molecule has 5 heteroatoms. The minimum Gasteiger partial charge on any atom is -0.489 e. The van der Waals surface area contributed by atoms with Gasteiger partial charge in [-0.15, -0.1) is 0 Å². The van der Waals surface area contributed by atoms with Crippen molar-refractivity contribution in [3.05, 3.63) is 29.3 Å². The van der Waals surface area contributed by atoms with Crippen LogP contribution < -0.4 is 10.5 Å². The summed E-state index contributed by atoms with van der Waals surface area (Å²) < 4.78 is 28.7. The summed E-state index contributed by atoms with van der Waals surface area (Å²) in [6, 6.07) is 5.98. The third-order valence-electron chi connectivity index (χ3n) is 3.76. The summed E-state index contributed by atoms with van der Waals surface area (Å²) in [5.41, 5.74) is 8.32. The molecular weight excluding hydrogens is 250 g/mol. The van der Waals surface area contributed by atoms with Crippen LogP contribution in [0.1, 0.15) is 30.0 Å². The molecule has 1 heterocycles. The van der Waals surface area contributed by atoms with Gasteiger partial charge in [0.15, 0.2) is 9.84 Å². The Kier molecular flexibility index (Phi) is 2.83. The topological polar surface area (TPSA) is 69.4 Å². The molecule has 4 nitrogen and oxygen atoms in total. The quantitative estimate of drug-likeness (QED) is 0.874. The van der Waals surface area contributed by atoms with Crippen molar-refractivity contribution in [3.63, 3.8) is 0 Å². The van der Waals surface area contributed by atoms with Crippen molar-refractivity contribution >= 4 is 9.84 Å². The van der Waals surface area contributed by atoms with Gasteiger partial charge in [0.1, 0.15) is 11.9 Å². The highest BCUT2D eigenvalue weighted by molar-refractivity contribution is 7.91. The highest BCUT2D eigenvalue weighted by Gasteiger charge is 2.31. The van der Waals surface area contributed by atoms with Gasteiger partial charge in [0.2, 0.25) is 0 Å². The van der Waals surface area contributed by atoms with E-state index in [2.05, 4.69) is 0 Å². The smallest absolute Gasteiger partial charge is 0.154 e. The first-order valence-corrected chi connectivity index (χ1v) is 8.12. The van der Waals surface area contributed by atoms with E-state index in [1.165, 1.54) is 0 Å². The molecule has 2 atom stereocenters. The Hall–Kier alpha value is -1.07. The molecule has 1 fully saturated rings. The number of hydrogen-bond acceptors (Lipinski definition) is 4. The second kappa shape index (κ2) is 4.24. The predicted molar refractivity (Wildman–Crippen MR) is 69.4 cm³/mol. The molecule has 2 unspecified atom stereocenters. The largest absolute Gasteiger partial charge is 0.489 e. The molecule has 1 aromatic rings. The Morgan fingerprint density at radius 1 is 1.28 bits per heavy atom. The number of benzene rings is 1. The van der Waals surface area contributed by atoms with E-state index in [9.17, 15) is 8.42 Å². The summed E-state index contributed by atoms with van der Waals surface area (Å²) in [4.78, 5) is 0. The number of sulfone groups is 1. The lowest BCUT2D eigenvalue weighted by atomic mass is 10.1. The summed E-state index contributed by atoms with van der Waals surface area (Å²) in [6.07, 6.45) is 2.27. The van der Waals surface area contributed by atoms with Gasteiger partial charge in [0.25, 0.3) is 0 Å². The molecule has 0 saturated carbocycles. The second-order valence-electron chi connectivity index (χ2n) is 5.11. The fourth-order valence-corrected chi connectivity index (χ4v) is 4.39. The molecule has 0 amide bonds. The zero-order chi connectivity index (χ0) is 12.8. The second-order valence-corrected chi connectivity index (χ2v) is 7.34. The summed E-state index contributed by atoms with van der Waals surface area (Å²) in [7, 11) is -2.89. The molecule has 18 heavy (non-hydrogen) atoms. The van der Waals surface area contributed by atoms with Gasteiger partial charge >= 0.3 is 0 Å². The van der Waals surface area contributed by atoms with E-state index in [1.54, 1.807) is 0 Å². The third kappa shape index (κ3) is 2.12. The van der Waals surface area contributed by atoms with Crippen LogP contribution in [0.25, 0.3) is 0 Å². The first kappa shape index (κ1) is 12.0. The van der Waals surface area contributed by atoms with Crippen molar-refractivity contribution < 1.29 is 13.2 Å². The van der Waals surface area contributed by atoms with Crippen LogP contribution in [0.15, 0.2) is 18.2 Å². The van der Waals surface area contributed by atoms with Crippen LogP contribution in [0.2, 0.25) is 0 Å². The predicted octanol–water partition coefficient (Wildman–Crippen LogP) is 1.20. The van der Waals surface area contributed by atoms with E-state index in [1.807, 2.05) is 18.2 Å². The maximum absolute atomic E-state index is 11.4. The van der Waals surface area contributed by atoms with Gasteiger partial charge in [-0.25, -0.2) is 8.42 Å². The molecule has 3 rings (SSSR count). The average molecular weight is 267 g/mol. The fraction of sp³-hybridized carbons (Fsp3) is 0.538. The molecule has 98 valence electrons. The zero-order valence-electron chi connectivity index (χ0n) is 10.1. The lowest BCUT2D eigenvalue weighted by molar-refractivity contribution is 0.227. The van der Waals surface area contributed by atoms with Crippen LogP contribution in [0.3, 0.4) is 0 Å². The van der Waals surface area contributed by atoms with Crippen molar-refractivity contribution in [1.29, 1.82) is 0 Å². The lowest BCUT2D eigenvalue weighted by Gasteiger charge is -2.15. The van der Waals surface area contributed by atoms with Gasteiger partial charge in [-0.1, -0.05) is 12.1 Å². The maximum Gasteiger partial charge on any atom is 0.154 e. The third-order valence-corrected chi connectivity index (χ3v) is 5.50. The summed E-state index contributed by atoms with van der Waals surface area (Å²) in [5.74, 6) is 1.21. The maximum atomic E-state index is 11.4. The Labute approximate surface area is 107 Å². The number of fused-ring (bicyclic) bond motifs is 1. The normalized spacial score (nSPS) is 29.2. The lowest BCUT2D eigenvalue weighted by Crippen LogP contribution is -2.18. The molecule has 1 aliphatic carbocycles. The molecule has 0 aromatic heterocycles. The van der Waals surface area contributed by atoms with Gasteiger partial charge < -0.3 is 10.5 Å². The van der Waals surface area contributed by atoms with Gasteiger partial charge in [-0.2, -0.15) is 0 Å². The van der Waals surface area contributed by atoms with Gasteiger partial charge in [-0.3, -0.25) is 0 Å². The van der Waals surface area contributed by atoms with Crippen LogP contribution in [0.4, 0.5) is 0 Å². The highest BCUT2D eigenvalue weighted by Crippen LogP contribution is 2.36. The molecule has 0 spiro atoms. The van der Waals surface area contributed by atoms with E-state index in [4.69, 9.17) is 10.5 Å². The van der Waals surface area contributed by atoms with Crippen LogP contribution >= 0.6 is 0 Å². The van der Waals surface area contributed by atoms with Crippen molar-refractivity contribution in [2.75, 3.05) is 11.5 Å².